The summed E-state index contributed by atoms with van der Waals surface area (Å²) in [7, 11) is 1.58. The predicted molar refractivity (Wildman–Crippen MR) is 102 cm³/mol. The van der Waals surface area contributed by atoms with Crippen molar-refractivity contribution in [2.45, 2.75) is 17.8 Å². The zero-order valence-electron chi connectivity index (χ0n) is 14.8. The van der Waals surface area contributed by atoms with Crippen LogP contribution in [0.2, 0.25) is 0 Å². The van der Waals surface area contributed by atoms with E-state index in [1.165, 1.54) is 17.8 Å². The van der Waals surface area contributed by atoms with Gasteiger partial charge in [0.05, 0.1) is 12.0 Å². The largest absolute Gasteiger partial charge is 0.493 e. The van der Waals surface area contributed by atoms with Gasteiger partial charge in [-0.05, 0) is 24.6 Å². The van der Waals surface area contributed by atoms with Crippen molar-refractivity contribution in [3.8, 4) is 17.4 Å². The van der Waals surface area contributed by atoms with Crippen LogP contribution >= 0.6 is 11.8 Å². The summed E-state index contributed by atoms with van der Waals surface area (Å²) in [6, 6.07) is 15.6. The van der Waals surface area contributed by atoms with Gasteiger partial charge in [-0.2, -0.15) is 4.98 Å². The second kappa shape index (κ2) is 8.50. The SMILES string of the molecule is COc1ccccc1Oc1cc(C)nc(SCc2cccc([N+](=O)[O-])c2)n1. The van der Waals surface area contributed by atoms with E-state index in [4.69, 9.17) is 9.47 Å². The van der Waals surface area contributed by atoms with Crippen LogP contribution in [0.5, 0.6) is 17.4 Å². The normalized spacial score (nSPS) is 10.4. The van der Waals surface area contributed by atoms with E-state index in [0.717, 1.165) is 11.3 Å². The lowest BCUT2D eigenvalue weighted by Gasteiger charge is -2.10. The highest BCUT2D eigenvalue weighted by Crippen LogP contribution is 2.31. The number of hydrogen-bond acceptors (Lipinski definition) is 7. The van der Waals surface area contributed by atoms with E-state index in [-0.39, 0.29) is 5.69 Å². The first-order valence-corrected chi connectivity index (χ1v) is 9.06. The number of non-ortho nitro benzene ring substituents is 1. The van der Waals surface area contributed by atoms with Crippen LogP contribution in [0.25, 0.3) is 0 Å². The minimum atomic E-state index is -0.406. The molecule has 2 aromatic carbocycles. The molecule has 27 heavy (non-hydrogen) atoms. The van der Waals surface area contributed by atoms with Crippen molar-refractivity contribution >= 4 is 17.4 Å². The molecule has 0 unspecified atom stereocenters. The average molecular weight is 383 g/mol. The lowest BCUT2D eigenvalue weighted by Crippen LogP contribution is -1.97. The molecule has 0 N–H and O–H groups in total. The van der Waals surface area contributed by atoms with Crippen LogP contribution in [0.4, 0.5) is 5.69 Å². The van der Waals surface area contributed by atoms with Crippen LogP contribution in [-0.4, -0.2) is 22.0 Å². The van der Waals surface area contributed by atoms with E-state index in [0.29, 0.717) is 28.3 Å². The predicted octanol–water partition coefficient (Wildman–Crippen LogP) is 4.79. The van der Waals surface area contributed by atoms with Crippen molar-refractivity contribution in [3.63, 3.8) is 0 Å². The standard InChI is InChI=1S/C19H17N3O4S/c1-13-10-18(26-17-9-4-3-8-16(17)25-2)21-19(20-13)27-12-14-6-5-7-15(11-14)22(23)24/h3-11H,12H2,1-2H3. The van der Waals surface area contributed by atoms with Gasteiger partial charge < -0.3 is 9.47 Å². The van der Waals surface area contributed by atoms with Crippen molar-refractivity contribution < 1.29 is 14.4 Å². The number of para-hydroxylation sites is 2. The van der Waals surface area contributed by atoms with Crippen LogP contribution in [0, 0.1) is 17.0 Å². The Morgan fingerprint density at radius 3 is 2.59 bits per heavy atom. The van der Waals surface area contributed by atoms with E-state index < -0.39 is 4.92 Å². The molecule has 0 saturated heterocycles. The minimum absolute atomic E-state index is 0.0680. The Bertz CT molecular complexity index is 965. The lowest BCUT2D eigenvalue weighted by atomic mass is 10.2. The molecular weight excluding hydrogens is 366 g/mol. The number of ether oxygens (including phenoxy) is 2. The second-order valence-corrected chi connectivity index (χ2v) is 6.54. The quantitative estimate of drug-likeness (QED) is 0.251. The Kier molecular flexibility index (Phi) is 5.87. The van der Waals surface area contributed by atoms with Crippen molar-refractivity contribution in [1.82, 2.24) is 9.97 Å². The summed E-state index contributed by atoms with van der Waals surface area (Å²) in [6.07, 6.45) is 0. The molecule has 0 aliphatic heterocycles. The fourth-order valence-electron chi connectivity index (χ4n) is 2.35. The maximum Gasteiger partial charge on any atom is 0.269 e. The van der Waals surface area contributed by atoms with E-state index in [2.05, 4.69) is 9.97 Å². The molecule has 0 amide bonds. The van der Waals surface area contributed by atoms with Crippen LogP contribution in [-0.2, 0) is 5.75 Å². The number of nitrogens with zero attached hydrogens (tertiary/aromatic N) is 3. The number of hydrogen-bond donors (Lipinski definition) is 0. The number of thioether (sulfide) groups is 1. The molecule has 8 heteroatoms. The number of rotatable bonds is 7. The van der Waals surface area contributed by atoms with Gasteiger partial charge >= 0.3 is 0 Å². The Hall–Kier alpha value is -3.13. The third-order valence-electron chi connectivity index (χ3n) is 3.58. The zero-order chi connectivity index (χ0) is 19.2. The van der Waals surface area contributed by atoms with Crippen LogP contribution in [0.1, 0.15) is 11.3 Å². The minimum Gasteiger partial charge on any atom is -0.493 e. The van der Waals surface area contributed by atoms with Gasteiger partial charge in [0.15, 0.2) is 16.7 Å². The molecule has 1 heterocycles. The highest BCUT2D eigenvalue weighted by Gasteiger charge is 2.10. The first kappa shape index (κ1) is 18.7. The van der Waals surface area contributed by atoms with Gasteiger partial charge in [0, 0.05) is 29.6 Å². The molecule has 0 atom stereocenters. The highest BCUT2D eigenvalue weighted by atomic mass is 32.2. The average Bonchev–Trinajstić information content (AvgIpc) is 2.66. The van der Waals surface area contributed by atoms with E-state index >= 15 is 0 Å². The van der Waals surface area contributed by atoms with Gasteiger partial charge in [-0.3, -0.25) is 10.1 Å². The fraction of sp³-hybridized carbons (Fsp3) is 0.158. The number of aromatic nitrogens is 2. The van der Waals surface area contributed by atoms with Crippen molar-refractivity contribution in [1.29, 1.82) is 0 Å². The molecule has 0 aliphatic rings. The number of benzene rings is 2. The number of methoxy groups -OCH3 is 1. The molecule has 7 nitrogen and oxygen atoms in total. The summed E-state index contributed by atoms with van der Waals surface area (Å²) in [5.74, 6) is 2.10. The van der Waals surface area contributed by atoms with Crippen molar-refractivity contribution in [2.24, 2.45) is 0 Å². The van der Waals surface area contributed by atoms with Gasteiger partial charge in [-0.15, -0.1) is 0 Å². The van der Waals surface area contributed by atoms with E-state index in [1.54, 1.807) is 37.4 Å². The molecule has 3 rings (SSSR count). The smallest absolute Gasteiger partial charge is 0.269 e. The van der Waals surface area contributed by atoms with Crippen LogP contribution in [0.15, 0.2) is 59.8 Å². The monoisotopic (exact) mass is 383 g/mol. The van der Waals surface area contributed by atoms with Crippen molar-refractivity contribution in [3.05, 3.63) is 76.0 Å². The maximum absolute atomic E-state index is 10.9. The molecule has 0 fully saturated rings. The molecule has 0 saturated carbocycles. The summed E-state index contributed by atoms with van der Waals surface area (Å²) < 4.78 is 11.1. The third kappa shape index (κ3) is 4.95. The highest BCUT2D eigenvalue weighted by molar-refractivity contribution is 7.98. The summed E-state index contributed by atoms with van der Waals surface area (Å²) in [4.78, 5) is 19.3. The van der Waals surface area contributed by atoms with Crippen LogP contribution < -0.4 is 9.47 Å². The Morgan fingerprint density at radius 1 is 1.07 bits per heavy atom. The second-order valence-electron chi connectivity index (χ2n) is 5.60. The van der Waals surface area contributed by atoms with Crippen LogP contribution in [0.3, 0.4) is 0 Å². The van der Waals surface area contributed by atoms with E-state index in [1.807, 2.05) is 25.1 Å². The van der Waals surface area contributed by atoms with Gasteiger partial charge in [-0.25, -0.2) is 4.98 Å². The first-order chi connectivity index (χ1) is 13.0. The molecule has 0 spiro atoms. The summed E-state index contributed by atoms with van der Waals surface area (Å²) >= 11 is 1.39. The number of nitro groups is 1. The summed E-state index contributed by atoms with van der Waals surface area (Å²) in [5.41, 5.74) is 1.65. The summed E-state index contributed by atoms with van der Waals surface area (Å²) in [5, 5.41) is 11.4. The van der Waals surface area contributed by atoms with Crippen molar-refractivity contribution in [2.75, 3.05) is 7.11 Å². The fourth-order valence-corrected chi connectivity index (χ4v) is 3.19. The number of aryl methyl sites for hydroxylation is 1. The van der Waals surface area contributed by atoms with Gasteiger partial charge in [0.2, 0.25) is 5.88 Å². The molecule has 0 bridgehead atoms. The summed E-state index contributed by atoms with van der Waals surface area (Å²) in [6.45, 7) is 1.86. The van der Waals surface area contributed by atoms with E-state index in [9.17, 15) is 10.1 Å². The topological polar surface area (TPSA) is 87.4 Å². The molecule has 0 radical (unpaired) electrons. The Labute approximate surface area is 160 Å². The van der Waals surface area contributed by atoms with Gasteiger partial charge in [-0.1, -0.05) is 36.0 Å². The zero-order valence-corrected chi connectivity index (χ0v) is 15.6. The molecule has 138 valence electrons. The Balaban J connectivity index is 1.75. The molecular formula is C19H17N3O4S. The first-order valence-electron chi connectivity index (χ1n) is 8.08. The lowest BCUT2D eigenvalue weighted by molar-refractivity contribution is -0.384. The van der Waals surface area contributed by atoms with Gasteiger partial charge in [0.25, 0.3) is 5.69 Å². The molecule has 0 aliphatic carbocycles. The van der Waals surface area contributed by atoms with Gasteiger partial charge in [0.1, 0.15) is 0 Å². The Morgan fingerprint density at radius 2 is 1.85 bits per heavy atom. The maximum atomic E-state index is 10.9. The number of nitro benzene ring substituents is 1. The third-order valence-corrected chi connectivity index (χ3v) is 4.50. The molecule has 3 aromatic rings. The molecule has 1 aromatic heterocycles.